The molecule has 0 amide bonds. The number of carbonyl (C=O) groups excluding carboxylic acids is 1. The molecule has 0 N–H and O–H groups in total. The molecule has 0 aliphatic carbocycles. The van der Waals surface area contributed by atoms with Gasteiger partial charge in [-0.1, -0.05) is 54.6 Å². The van der Waals surface area contributed by atoms with E-state index in [9.17, 15) is 31.1 Å². The normalized spacial score (nSPS) is 11.5. The Morgan fingerprint density at radius 2 is 1.46 bits per heavy atom. The first-order valence-corrected chi connectivity index (χ1v) is 11.6. The zero-order chi connectivity index (χ0) is 27.7. The van der Waals surface area contributed by atoms with Gasteiger partial charge in [0.05, 0.1) is 22.3 Å². The third-order valence-corrected chi connectivity index (χ3v) is 6.14. The Labute approximate surface area is 218 Å². The monoisotopic (exact) mass is 537 g/mol. The first-order valence-electron chi connectivity index (χ1n) is 11.6. The molecule has 5 rings (SSSR count). The standard InChI is InChI=1S/C30H17F6NO2/c31-19-13-25(32)23(26(33)14-19)16-39-20-9-4-8-18(12-20)27-21-10-5-11-24(30(34,35)36)29(21)37-28(22(27)15-38)17-6-2-1-3-7-17/h1-15H,16H2. The highest BCUT2D eigenvalue weighted by Gasteiger charge is 2.34. The van der Waals surface area contributed by atoms with Crippen LogP contribution in [0.3, 0.4) is 0 Å². The molecular formula is C30H17F6NO2. The molecule has 39 heavy (non-hydrogen) atoms. The first kappa shape index (κ1) is 26.0. The Kier molecular flexibility index (Phi) is 6.82. The number of para-hydroxylation sites is 1. The van der Waals surface area contributed by atoms with E-state index in [0.29, 0.717) is 29.5 Å². The molecule has 0 atom stereocenters. The van der Waals surface area contributed by atoms with Crippen molar-refractivity contribution in [1.29, 1.82) is 0 Å². The second-order valence-electron chi connectivity index (χ2n) is 8.60. The van der Waals surface area contributed by atoms with E-state index >= 15 is 0 Å². The molecule has 5 aromatic rings. The minimum atomic E-state index is -4.71. The number of halogens is 6. The van der Waals surface area contributed by atoms with Crippen molar-refractivity contribution in [3.8, 4) is 28.1 Å². The molecule has 1 heterocycles. The minimum Gasteiger partial charge on any atom is -0.489 e. The van der Waals surface area contributed by atoms with Gasteiger partial charge in [-0.2, -0.15) is 13.2 Å². The lowest BCUT2D eigenvalue weighted by Gasteiger charge is -2.18. The average molecular weight is 537 g/mol. The van der Waals surface area contributed by atoms with Gasteiger partial charge in [0.2, 0.25) is 0 Å². The SMILES string of the molecule is O=Cc1c(-c2ccccc2)nc2c(C(F)(F)F)cccc2c1-c1cccc(OCc2c(F)cc(F)cc2F)c1. The van der Waals surface area contributed by atoms with E-state index in [1.54, 1.807) is 36.4 Å². The Morgan fingerprint density at radius 1 is 0.795 bits per heavy atom. The summed E-state index contributed by atoms with van der Waals surface area (Å²) in [5.74, 6) is -3.21. The quantitative estimate of drug-likeness (QED) is 0.161. The molecule has 0 bridgehead atoms. The maximum atomic E-state index is 14.1. The smallest absolute Gasteiger partial charge is 0.418 e. The van der Waals surface area contributed by atoms with Crippen LogP contribution in [0.2, 0.25) is 0 Å². The fraction of sp³-hybridized carbons (Fsp3) is 0.0667. The summed E-state index contributed by atoms with van der Waals surface area (Å²) in [4.78, 5) is 16.7. The molecule has 0 saturated carbocycles. The van der Waals surface area contributed by atoms with Gasteiger partial charge in [-0.25, -0.2) is 18.2 Å². The summed E-state index contributed by atoms with van der Waals surface area (Å²) in [6.45, 7) is -0.577. The number of carbonyl (C=O) groups is 1. The van der Waals surface area contributed by atoms with Crippen molar-refractivity contribution < 1.29 is 35.9 Å². The van der Waals surface area contributed by atoms with Crippen LogP contribution >= 0.6 is 0 Å². The molecule has 0 aliphatic rings. The van der Waals surface area contributed by atoms with Gasteiger partial charge in [-0.05, 0) is 23.8 Å². The second-order valence-corrected chi connectivity index (χ2v) is 8.60. The minimum absolute atomic E-state index is 0.0563. The van der Waals surface area contributed by atoms with Crippen LogP contribution in [0.15, 0.2) is 84.9 Å². The third kappa shape index (κ3) is 5.07. The van der Waals surface area contributed by atoms with Gasteiger partial charge < -0.3 is 4.74 Å². The summed E-state index contributed by atoms with van der Waals surface area (Å²) in [6, 6.07) is 19.0. The van der Waals surface area contributed by atoms with Crippen LogP contribution in [-0.4, -0.2) is 11.3 Å². The fourth-order valence-electron chi connectivity index (χ4n) is 4.38. The summed E-state index contributed by atoms with van der Waals surface area (Å²) in [5.41, 5.74) is -0.743. The predicted octanol–water partition coefficient (Wildman–Crippen LogP) is 8.40. The Morgan fingerprint density at radius 3 is 2.13 bits per heavy atom. The summed E-state index contributed by atoms with van der Waals surface area (Å²) in [6.07, 6.45) is -4.18. The summed E-state index contributed by atoms with van der Waals surface area (Å²) in [7, 11) is 0. The molecule has 1 aromatic heterocycles. The van der Waals surface area contributed by atoms with Crippen molar-refractivity contribution in [2.75, 3.05) is 0 Å². The number of ether oxygens (including phenoxy) is 1. The number of benzene rings is 4. The van der Waals surface area contributed by atoms with Crippen molar-refractivity contribution in [2.24, 2.45) is 0 Å². The highest BCUT2D eigenvalue weighted by Crippen LogP contribution is 2.41. The Balaban J connectivity index is 1.69. The van der Waals surface area contributed by atoms with Gasteiger partial charge in [0.25, 0.3) is 0 Å². The van der Waals surface area contributed by atoms with Gasteiger partial charge in [-0.15, -0.1) is 0 Å². The van der Waals surface area contributed by atoms with E-state index in [4.69, 9.17) is 4.74 Å². The van der Waals surface area contributed by atoms with Gasteiger partial charge in [-0.3, -0.25) is 4.79 Å². The van der Waals surface area contributed by atoms with E-state index in [1.807, 2.05) is 0 Å². The molecule has 0 saturated heterocycles. The molecular weight excluding hydrogens is 520 g/mol. The molecule has 0 aliphatic heterocycles. The molecule has 9 heteroatoms. The van der Waals surface area contributed by atoms with Crippen LogP contribution in [0.4, 0.5) is 26.3 Å². The van der Waals surface area contributed by atoms with Crippen molar-refractivity contribution >= 4 is 17.2 Å². The highest BCUT2D eigenvalue weighted by molar-refractivity contribution is 6.08. The van der Waals surface area contributed by atoms with Gasteiger partial charge >= 0.3 is 6.18 Å². The maximum Gasteiger partial charge on any atom is 0.418 e. The fourth-order valence-corrected chi connectivity index (χ4v) is 4.38. The molecule has 0 spiro atoms. The van der Waals surface area contributed by atoms with Crippen LogP contribution in [0.5, 0.6) is 5.75 Å². The molecule has 0 radical (unpaired) electrons. The number of hydrogen-bond acceptors (Lipinski definition) is 3. The molecule has 196 valence electrons. The van der Waals surface area contributed by atoms with Crippen LogP contribution in [0.1, 0.15) is 21.5 Å². The van der Waals surface area contributed by atoms with Crippen molar-refractivity contribution in [3.05, 3.63) is 119 Å². The number of rotatable bonds is 6. The van der Waals surface area contributed by atoms with Crippen LogP contribution < -0.4 is 4.74 Å². The number of alkyl halides is 3. The third-order valence-electron chi connectivity index (χ3n) is 6.14. The molecule has 0 fully saturated rings. The summed E-state index contributed by atoms with van der Waals surface area (Å²) >= 11 is 0. The topological polar surface area (TPSA) is 39.2 Å². The van der Waals surface area contributed by atoms with Crippen molar-refractivity contribution in [1.82, 2.24) is 4.98 Å². The van der Waals surface area contributed by atoms with Gasteiger partial charge in [0.1, 0.15) is 29.8 Å². The lowest BCUT2D eigenvalue weighted by Crippen LogP contribution is -2.08. The number of fused-ring (bicyclic) bond motifs is 1. The number of hydrogen-bond donors (Lipinski definition) is 0. The number of pyridine rings is 1. The van der Waals surface area contributed by atoms with E-state index in [0.717, 1.165) is 6.07 Å². The van der Waals surface area contributed by atoms with E-state index in [-0.39, 0.29) is 33.5 Å². The lowest BCUT2D eigenvalue weighted by atomic mass is 9.91. The van der Waals surface area contributed by atoms with Crippen LogP contribution in [-0.2, 0) is 12.8 Å². The lowest BCUT2D eigenvalue weighted by molar-refractivity contribution is -0.136. The zero-order valence-electron chi connectivity index (χ0n) is 19.9. The second kappa shape index (κ2) is 10.2. The van der Waals surface area contributed by atoms with E-state index in [1.165, 1.54) is 30.3 Å². The van der Waals surface area contributed by atoms with E-state index < -0.39 is 41.4 Å². The number of aromatic nitrogens is 1. The first-order chi connectivity index (χ1) is 18.7. The number of aldehydes is 1. The number of nitrogens with zero attached hydrogens (tertiary/aromatic N) is 1. The molecule has 3 nitrogen and oxygen atoms in total. The molecule has 4 aromatic carbocycles. The highest BCUT2D eigenvalue weighted by atomic mass is 19.4. The average Bonchev–Trinajstić information content (AvgIpc) is 2.91. The van der Waals surface area contributed by atoms with Gasteiger partial charge in [0, 0.05) is 34.2 Å². The summed E-state index contributed by atoms with van der Waals surface area (Å²) < 4.78 is 88.8. The van der Waals surface area contributed by atoms with Gasteiger partial charge in [0.15, 0.2) is 6.29 Å². The van der Waals surface area contributed by atoms with Crippen LogP contribution in [0.25, 0.3) is 33.3 Å². The predicted molar refractivity (Wildman–Crippen MR) is 134 cm³/mol. The van der Waals surface area contributed by atoms with Crippen molar-refractivity contribution in [3.63, 3.8) is 0 Å². The zero-order valence-corrected chi connectivity index (χ0v) is 19.9. The maximum absolute atomic E-state index is 14.1. The van der Waals surface area contributed by atoms with E-state index in [2.05, 4.69) is 4.98 Å². The largest absolute Gasteiger partial charge is 0.489 e. The molecule has 0 unspecified atom stereocenters. The summed E-state index contributed by atoms with van der Waals surface area (Å²) in [5, 5.41) is 0.0828. The van der Waals surface area contributed by atoms with Crippen LogP contribution in [0, 0.1) is 17.5 Å². The Hall–Kier alpha value is -4.66. The Bertz CT molecular complexity index is 1680. The van der Waals surface area contributed by atoms with Crippen molar-refractivity contribution in [2.45, 2.75) is 12.8 Å².